The van der Waals surface area contributed by atoms with Crippen molar-refractivity contribution in [3.05, 3.63) is 29.8 Å². The molecule has 0 radical (unpaired) electrons. The van der Waals surface area contributed by atoms with E-state index in [9.17, 15) is 9.59 Å². The van der Waals surface area contributed by atoms with E-state index in [4.69, 9.17) is 5.73 Å². The summed E-state index contributed by atoms with van der Waals surface area (Å²) in [4.78, 5) is 23.2. The van der Waals surface area contributed by atoms with Gasteiger partial charge in [-0.3, -0.25) is 9.69 Å². The number of anilines is 1. The third kappa shape index (κ3) is 2.10. The zero-order valence-electron chi connectivity index (χ0n) is 8.15. The summed E-state index contributed by atoms with van der Waals surface area (Å²) < 4.78 is 0. The highest BCUT2D eigenvalue weighted by molar-refractivity contribution is 5.97. The van der Waals surface area contributed by atoms with E-state index < -0.39 is 6.03 Å². The lowest BCUT2D eigenvalue weighted by Gasteiger charge is -2.14. The Balaban J connectivity index is 3.05. The lowest BCUT2D eigenvalue weighted by atomic mass is 10.1. The second kappa shape index (κ2) is 3.91. The molecule has 0 bridgehead atoms. The van der Waals surface area contributed by atoms with Crippen LogP contribution in [-0.2, 0) is 0 Å². The van der Waals surface area contributed by atoms with E-state index in [1.54, 1.807) is 31.3 Å². The van der Waals surface area contributed by atoms with Gasteiger partial charge in [0.15, 0.2) is 5.78 Å². The molecule has 0 aliphatic heterocycles. The Morgan fingerprint density at radius 1 is 1.36 bits per heavy atom. The number of hydrogen-bond acceptors (Lipinski definition) is 2. The second-order valence-electron chi connectivity index (χ2n) is 3.00. The minimum Gasteiger partial charge on any atom is -0.351 e. The van der Waals surface area contributed by atoms with Crippen molar-refractivity contribution in [3.63, 3.8) is 0 Å². The van der Waals surface area contributed by atoms with Gasteiger partial charge in [-0.25, -0.2) is 4.79 Å². The second-order valence-corrected chi connectivity index (χ2v) is 3.00. The molecule has 0 saturated heterocycles. The highest BCUT2D eigenvalue weighted by atomic mass is 16.2. The smallest absolute Gasteiger partial charge is 0.318 e. The SMILES string of the molecule is CC(=O)c1cccc(N(C)C(N)=O)c1. The van der Waals surface area contributed by atoms with Crippen LogP contribution in [0.25, 0.3) is 0 Å². The summed E-state index contributed by atoms with van der Waals surface area (Å²) in [6.45, 7) is 1.48. The van der Waals surface area contributed by atoms with Gasteiger partial charge in [0, 0.05) is 18.3 Å². The first kappa shape index (κ1) is 10.2. The summed E-state index contributed by atoms with van der Waals surface area (Å²) >= 11 is 0. The van der Waals surface area contributed by atoms with Crippen molar-refractivity contribution >= 4 is 17.5 Å². The number of carbonyl (C=O) groups is 2. The fraction of sp³-hybridized carbons (Fsp3) is 0.200. The van der Waals surface area contributed by atoms with Crippen LogP contribution in [0.5, 0.6) is 0 Å². The Bertz CT molecular complexity index is 374. The quantitative estimate of drug-likeness (QED) is 0.720. The molecule has 0 aromatic heterocycles. The third-order valence-corrected chi connectivity index (χ3v) is 1.97. The first-order valence-electron chi connectivity index (χ1n) is 4.16. The number of nitrogens with two attached hydrogens (primary N) is 1. The predicted octanol–water partition coefficient (Wildman–Crippen LogP) is 1.40. The maximum atomic E-state index is 11.1. The number of rotatable bonds is 2. The molecule has 0 unspecified atom stereocenters. The molecule has 4 nitrogen and oxygen atoms in total. The number of benzene rings is 1. The van der Waals surface area contributed by atoms with Gasteiger partial charge >= 0.3 is 6.03 Å². The summed E-state index contributed by atoms with van der Waals surface area (Å²) in [5.74, 6) is -0.0373. The van der Waals surface area contributed by atoms with Crippen LogP contribution in [0.3, 0.4) is 0 Å². The van der Waals surface area contributed by atoms with Gasteiger partial charge in [0.05, 0.1) is 0 Å². The lowest BCUT2D eigenvalue weighted by molar-refractivity contribution is 0.101. The normalized spacial score (nSPS) is 9.57. The van der Waals surface area contributed by atoms with Gasteiger partial charge in [0.1, 0.15) is 0 Å². The molecule has 0 aliphatic rings. The molecule has 0 spiro atoms. The van der Waals surface area contributed by atoms with E-state index in [0.29, 0.717) is 11.3 Å². The van der Waals surface area contributed by atoms with E-state index in [0.717, 1.165) is 0 Å². The highest BCUT2D eigenvalue weighted by Gasteiger charge is 2.07. The maximum absolute atomic E-state index is 11.1. The number of Topliss-reactive ketones (excluding diaryl/α,β-unsaturated/α-hetero) is 1. The first-order valence-corrected chi connectivity index (χ1v) is 4.16. The Kier molecular flexibility index (Phi) is 2.86. The van der Waals surface area contributed by atoms with Crippen molar-refractivity contribution < 1.29 is 9.59 Å². The summed E-state index contributed by atoms with van der Waals surface area (Å²) in [5, 5.41) is 0. The minimum atomic E-state index is -0.550. The number of amides is 2. The van der Waals surface area contributed by atoms with E-state index in [1.165, 1.54) is 11.8 Å². The van der Waals surface area contributed by atoms with Crippen molar-refractivity contribution in [2.75, 3.05) is 11.9 Å². The number of primary amides is 1. The molecular weight excluding hydrogens is 180 g/mol. The molecule has 2 amide bonds. The van der Waals surface area contributed by atoms with Crippen molar-refractivity contribution in [1.29, 1.82) is 0 Å². The number of ketones is 1. The van der Waals surface area contributed by atoms with Gasteiger partial charge < -0.3 is 5.73 Å². The molecular formula is C10H12N2O2. The van der Waals surface area contributed by atoms with Crippen molar-refractivity contribution in [3.8, 4) is 0 Å². The van der Waals surface area contributed by atoms with Crippen LogP contribution < -0.4 is 10.6 Å². The van der Waals surface area contributed by atoms with Crippen molar-refractivity contribution in [1.82, 2.24) is 0 Å². The maximum Gasteiger partial charge on any atom is 0.318 e. The van der Waals surface area contributed by atoms with Gasteiger partial charge in [-0.05, 0) is 19.1 Å². The summed E-state index contributed by atoms with van der Waals surface area (Å²) in [7, 11) is 1.56. The van der Waals surface area contributed by atoms with Crippen LogP contribution in [0.4, 0.5) is 10.5 Å². The topological polar surface area (TPSA) is 63.4 Å². The standard InChI is InChI=1S/C10H12N2O2/c1-7(13)8-4-3-5-9(6-8)12(2)10(11)14/h3-6H,1-2H3,(H2,11,14). The highest BCUT2D eigenvalue weighted by Crippen LogP contribution is 2.14. The molecule has 1 aromatic carbocycles. The zero-order valence-corrected chi connectivity index (χ0v) is 8.15. The molecule has 74 valence electrons. The molecule has 4 heteroatoms. The van der Waals surface area contributed by atoms with E-state index in [-0.39, 0.29) is 5.78 Å². The number of urea groups is 1. The molecule has 0 aliphatic carbocycles. The van der Waals surface area contributed by atoms with Crippen LogP contribution >= 0.6 is 0 Å². The van der Waals surface area contributed by atoms with Crippen LogP contribution in [0.1, 0.15) is 17.3 Å². The van der Waals surface area contributed by atoms with E-state index in [1.807, 2.05) is 0 Å². The molecule has 0 fully saturated rings. The molecule has 1 aromatic rings. The number of hydrogen-bond donors (Lipinski definition) is 1. The molecule has 0 atom stereocenters. The summed E-state index contributed by atoms with van der Waals surface area (Å²) in [6.07, 6.45) is 0. The first-order chi connectivity index (χ1) is 6.52. The largest absolute Gasteiger partial charge is 0.351 e. The van der Waals surface area contributed by atoms with Crippen LogP contribution in [-0.4, -0.2) is 18.9 Å². The fourth-order valence-electron chi connectivity index (χ4n) is 1.06. The summed E-state index contributed by atoms with van der Waals surface area (Å²) in [6, 6.07) is 6.21. The monoisotopic (exact) mass is 192 g/mol. The molecule has 0 heterocycles. The van der Waals surface area contributed by atoms with Crippen molar-refractivity contribution in [2.45, 2.75) is 6.92 Å². The van der Waals surface area contributed by atoms with Gasteiger partial charge in [0.25, 0.3) is 0 Å². The van der Waals surface area contributed by atoms with Gasteiger partial charge in [-0.15, -0.1) is 0 Å². The Morgan fingerprint density at radius 2 is 2.00 bits per heavy atom. The Morgan fingerprint density at radius 3 is 2.50 bits per heavy atom. The molecule has 14 heavy (non-hydrogen) atoms. The van der Waals surface area contributed by atoms with Crippen molar-refractivity contribution in [2.24, 2.45) is 5.73 Å². The van der Waals surface area contributed by atoms with Gasteiger partial charge in [-0.2, -0.15) is 0 Å². The van der Waals surface area contributed by atoms with Gasteiger partial charge in [0.2, 0.25) is 0 Å². The predicted molar refractivity (Wildman–Crippen MR) is 54.4 cm³/mol. The number of carbonyl (C=O) groups excluding carboxylic acids is 2. The van der Waals surface area contributed by atoms with E-state index >= 15 is 0 Å². The fourth-order valence-corrected chi connectivity index (χ4v) is 1.06. The molecule has 0 saturated carbocycles. The van der Waals surface area contributed by atoms with Gasteiger partial charge in [-0.1, -0.05) is 12.1 Å². The average Bonchev–Trinajstić information content (AvgIpc) is 2.16. The van der Waals surface area contributed by atoms with Crippen LogP contribution in [0.15, 0.2) is 24.3 Å². The number of nitrogens with zero attached hydrogens (tertiary/aromatic N) is 1. The van der Waals surface area contributed by atoms with E-state index in [2.05, 4.69) is 0 Å². The average molecular weight is 192 g/mol. The minimum absolute atomic E-state index is 0.0373. The summed E-state index contributed by atoms with van der Waals surface area (Å²) in [5.41, 5.74) is 6.28. The van der Waals surface area contributed by atoms with Crippen LogP contribution in [0, 0.1) is 0 Å². The zero-order chi connectivity index (χ0) is 10.7. The third-order valence-electron chi connectivity index (χ3n) is 1.97. The molecule has 1 rings (SSSR count). The Hall–Kier alpha value is -1.84. The van der Waals surface area contributed by atoms with Crippen LogP contribution in [0.2, 0.25) is 0 Å². The lowest BCUT2D eigenvalue weighted by Crippen LogP contribution is -2.31. The molecule has 2 N–H and O–H groups in total. The Labute approximate surface area is 82.3 Å².